The fourth-order valence-corrected chi connectivity index (χ4v) is 1.68. The summed E-state index contributed by atoms with van der Waals surface area (Å²) in [5, 5.41) is 3.09. The molecule has 0 fully saturated rings. The molecule has 0 spiro atoms. The molecular weight excluding hydrogens is 201 g/mol. The van der Waals surface area contributed by atoms with E-state index in [4.69, 9.17) is 0 Å². The Bertz CT molecular complexity index is 506. The summed E-state index contributed by atoms with van der Waals surface area (Å²) < 4.78 is 13.1. The molecule has 2 aromatic carbocycles. The molecule has 16 heavy (non-hydrogen) atoms. The van der Waals surface area contributed by atoms with Crippen molar-refractivity contribution in [1.82, 2.24) is 0 Å². The lowest BCUT2D eigenvalue weighted by molar-refractivity contribution is 0.619. The average Bonchev–Trinajstić information content (AvgIpc) is 2.33. The summed E-state index contributed by atoms with van der Waals surface area (Å²) >= 11 is 0. The van der Waals surface area contributed by atoms with Crippen molar-refractivity contribution in [2.24, 2.45) is 0 Å². The molecule has 0 saturated heterocycles. The number of rotatable bonds is 2. The van der Waals surface area contributed by atoms with Crippen LogP contribution in [0.5, 0.6) is 0 Å². The second-order valence-corrected chi connectivity index (χ2v) is 3.79. The zero-order valence-corrected chi connectivity index (χ0v) is 9.42. The van der Waals surface area contributed by atoms with Crippen LogP contribution < -0.4 is 5.32 Å². The predicted molar refractivity (Wildman–Crippen MR) is 66.1 cm³/mol. The molecule has 0 aliphatic rings. The highest BCUT2D eigenvalue weighted by Crippen LogP contribution is 2.24. The lowest BCUT2D eigenvalue weighted by atomic mass is 10.0. The molecule has 2 heteroatoms. The first-order valence-electron chi connectivity index (χ1n) is 5.25. The van der Waals surface area contributed by atoms with Gasteiger partial charge in [-0.15, -0.1) is 0 Å². The van der Waals surface area contributed by atoms with Gasteiger partial charge in [0.15, 0.2) is 0 Å². The molecule has 1 N–H and O–H groups in total. The van der Waals surface area contributed by atoms with E-state index in [1.807, 2.05) is 37.4 Å². The van der Waals surface area contributed by atoms with Gasteiger partial charge in [-0.05, 0) is 47.9 Å². The van der Waals surface area contributed by atoms with E-state index >= 15 is 0 Å². The Hall–Kier alpha value is -1.83. The third-order valence-corrected chi connectivity index (χ3v) is 2.64. The number of aryl methyl sites for hydroxylation is 1. The monoisotopic (exact) mass is 215 g/mol. The highest BCUT2D eigenvalue weighted by Gasteiger charge is 2.02. The summed E-state index contributed by atoms with van der Waals surface area (Å²) in [6.07, 6.45) is 0. The predicted octanol–water partition coefficient (Wildman–Crippen LogP) is 3.84. The van der Waals surface area contributed by atoms with E-state index in [1.165, 1.54) is 6.07 Å². The van der Waals surface area contributed by atoms with Crippen LogP contribution >= 0.6 is 0 Å². The van der Waals surface area contributed by atoms with E-state index in [0.29, 0.717) is 5.56 Å². The molecule has 2 aromatic rings. The van der Waals surface area contributed by atoms with Crippen molar-refractivity contribution in [3.05, 3.63) is 53.8 Å². The summed E-state index contributed by atoms with van der Waals surface area (Å²) in [5.41, 5.74) is 3.86. The molecule has 0 heterocycles. The van der Waals surface area contributed by atoms with E-state index in [2.05, 4.69) is 5.32 Å². The van der Waals surface area contributed by atoms with E-state index in [-0.39, 0.29) is 5.82 Å². The van der Waals surface area contributed by atoms with Crippen LogP contribution in [0.1, 0.15) is 5.56 Å². The molecule has 0 bridgehead atoms. The van der Waals surface area contributed by atoms with Gasteiger partial charge in [-0.25, -0.2) is 4.39 Å². The second-order valence-electron chi connectivity index (χ2n) is 3.79. The van der Waals surface area contributed by atoms with E-state index < -0.39 is 0 Å². The fraction of sp³-hybridized carbons (Fsp3) is 0.143. The smallest absolute Gasteiger partial charge is 0.126 e. The minimum absolute atomic E-state index is 0.159. The maximum Gasteiger partial charge on any atom is 0.126 e. The van der Waals surface area contributed by atoms with Gasteiger partial charge in [-0.3, -0.25) is 0 Å². The van der Waals surface area contributed by atoms with Crippen LogP contribution in [0.25, 0.3) is 11.1 Å². The highest BCUT2D eigenvalue weighted by molar-refractivity contribution is 5.68. The molecule has 0 aliphatic carbocycles. The number of anilines is 1. The molecule has 0 unspecified atom stereocenters. The van der Waals surface area contributed by atoms with Crippen LogP contribution in [-0.4, -0.2) is 7.05 Å². The third kappa shape index (κ3) is 2.06. The van der Waals surface area contributed by atoms with Crippen LogP contribution in [0.15, 0.2) is 42.5 Å². The topological polar surface area (TPSA) is 12.0 Å². The normalized spacial score (nSPS) is 10.2. The largest absolute Gasteiger partial charge is 0.388 e. The van der Waals surface area contributed by atoms with Crippen LogP contribution in [0.4, 0.5) is 10.1 Å². The average molecular weight is 215 g/mol. The Kier molecular flexibility index (Phi) is 2.91. The molecule has 0 atom stereocenters. The van der Waals surface area contributed by atoms with Gasteiger partial charge < -0.3 is 5.32 Å². The van der Waals surface area contributed by atoms with Crippen LogP contribution in [0.2, 0.25) is 0 Å². The first-order chi connectivity index (χ1) is 7.70. The van der Waals surface area contributed by atoms with Gasteiger partial charge in [0.2, 0.25) is 0 Å². The Morgan fingerprint density at radius 2 is 1.75 bits per heavy atom. The van der Waals surface area contributed by atoms with Gasteiger partial charge in [-0.1, -0.05) is 18.2 Å². The second kappa shape index (κ2) is 4.35. The van der Waals surface area contributed by atoms with Crippen molar-refractivity contribution in [3.8, 4) is 11.1 Å². The summed E-state index contributed by atoms with van der Waals surface area (Å²) in [4.78, 5) is 0. The van der Waals surface area contributed by atoms with E-state index in [0.717, 1.165) is 16.8 Å². The summed E-state index contributed by atoms with van der Waals surface area (Å²) in [7, 11) is 1.88. The number of hydrogen-bond acceptors (Lipinski definition) is 1. The van der Waals surface area contributed by atoms with Crippen molar-refractivity contribution in [2.45, 2.75) is 6.92 Å². The minimum Gasteiger partial charge on any atom is -0.388 e. The maximum absolute atomic E-state index is 13.1. The SMILES string of the molecule is CNc1cccc(-c2ccc(F)c(C)c2)c1. The standard InChI is InChI=1S/C14H14FN/c1-10-8-12(6-7-14(10)15)11-4-3-5-13(9-11)16-2/h3-9,16H,1-2H3. The zero-order valence-electron chi connectivity index (χ0n) is 9.42. The molecule has 0 radical (unpaired) electrons. The lowest BCUT2D eigenvalue weighted by Gasteiger charge is -2.06. The van der Waals surface area contributed by atoms with Crippen LogP contribution in [0.3, 0.4) is 0 Å². The summed E-state index contributed by atoms with van der Waals surface area (Å²) in [6.45, 7) is 1.78. The summed E-state index contributed by atoms with van der Waals surface area (Å²) in [6, 6.07) is 13.2. The molecule has 0 aliphatic heterocycles. The van der Waals surface area contributed by atoms with Gasteiger partial charge in [0.25, 0.3) is 0 Å². The summed E-state index contributed by atoms with van der Waals surface area (Å²) in [5.74, 6) is -0.159. The number of nitrogens with one attached hydrogen (secondary N) is 1. The van der Waals surface area contributed by atoms with Crippen molar-refractivity contribution < 1.29 is 4.39 Å². The van der Waals surface area contributed by atoms with Gasteiger partial charge in [0.05, 0.1) is 0 Å². The van der Waals surface area contributed by atoms with Crippen molar-refractivity contribution in [3.63, 3.8) is 0 Å². The Labute approximate surface area is 94.9 Å². The van der Waals surface area contributed by atoms with Gasteiger partial charge >= 0.3 is 0 Å². The van der Waals surface area contributed by atoms with Crippen LogP contribution in [-0.2, 0) is 0 Å². The highest BCUT2D eigenvalue weighted by atomic mass is 19.1. The van der Waals surface area contributed by atoms with Gasteiger partial charge in [0, 0.05) is 12.7 Å². The fourth-order valence-electron chi connectivity index (χ4n) is 1.68. The molecule has 0 aromatic heterocycles. The number of benzene rings is 2. The van der Waals surface area contributed by atoms with Crippen molar-refractivity contribution in [1.29, 1.82) is 0 Å². The Balaban J connectivity index is 2.46. The molecule has 1 nitrogen and oxygen atoms in total. The Morgan fingerprint density at radius 3 is 2.44 bits per heavy atom. The number of hydrogen-bond donors (Lipinski definition) is 1. The van der Waals surface area contributed by atoms with E-state index in [9.17, 15) is 4.39 Å². The lowest BCUT2D eigenvalue weighted by Crippen LogP contribution is -1.89. The Morgan fingerprint density at radius 1 is 1.00 bits per heavy atom. The van der Waals surface area contributed by atoms with Crippen molar-refractivity contribution >= 4 is 5.69 Å². The molecule has 82 valence electrons. The molecule has 2 rings (SSSR count). The molecular formula is C14H14FN. The third-order valence-electron chi connectivity index (χ3n) is 2.64. The number of halogens is 1. The van der Waals surface area contributed by atoms with Crippen LogP contribution in [0, 0.1) is 12.7 Å². The molecule has 0 amide bonds. The minimum atomic E-state index is -0.159. The zero-order chi connectivity index (χ0) is 11.5. The first-order valence-corrected chi connectivity index (χ1v) is 5.25. The quantitative estimate of drug-likeness (QED) is 0.802. The van der Waals surface area contributed by atoms with E-state index in [1.54, 1.807) is 13.0 Å². The maximum atomic E-state index is 13.1. The first kappa shape index (κ1) is 10.7. The van der Waals surface area contributed by atoms with Gasteiger partial charge in [0.1, 0.15) is 5.82 Å². The molecule has 0 saturated carbocycles. The van der Waals surface area contributed by atoms with Crippen molar-refractivity contribution in [2.75, 3.05) is 12.4 Å². The van der Waals surface area contributed by atoms with Gasteiger partial charge in [-0.2, -0.15) is 0 Å².